The number of aromatic nitrogens is 4. The van der Waals surface area contributed by atoms with E-state index in [2.05, 4.69) is 27.4 Å². The van der Waals surface area contributed by atoms with Crippen molar-refractivity contribution in [3.63, 3.8) is 0 Å². The number of amides is 1. The van der Waals surface area contributed by atoms with Gasteiger partial charge in [-0.25, -0.2) is 4.68 Å². The Hall–Kier alpha value is -3.02. The summed E-state index contributed by atoms with van der Waals surface area (Å²) in [6, 6.07) is 12.2. The molecule has 0 radical (unpaired) electrons. The first-order valence-electron chi connectivity index (χ1n) is 9.32. The van der Waals surface area contributed by atoms with Crippen LogP contribution in [0.25, 0.3) is 5.69 Å². The van der Waals surface area contributed by atoms with E-state index in [0.29, 0.717) is 11.6 Å². The quantitative estimate of drug-likeness (QED) is 0.718. The van der Waals surface area contributed by atoms with Gasteiger partial charge >= 0.3 is 0 Å². The van der Waals surface area contributed by atoms with Crippen LogP contribution < -0.4 is 0 Å². The van der Waals surface area contributed by atoms with Gasteiger partial charge in [0.15, 0.2) is 5.69 Å². The van der Waals surface area contributed by atoms with Crippen LogP contribution in [0.15, 0.2) is 48.8 Å². The second kappa shape index (κ2) is 7.31. The zero-order valence-electron chi connectivity index (χ0n) is 15.7. The molecule has 0 N–H and O–H groups in total. The van der Waals surface area contributed by atoms with Gasteiger partial charge in [0, 0.05) is 25.5 Å². The van der Waals surface area contributed by atoms with Gasteiger partial charge < -0.3 is 4.90 Å². The maximum atomic E-state index is 13.0. The number of carbonyl (C=O) groups excluding carboxylic acids is 1. The normalized spacial score (nSPS) is 15.1. The van der Waals surface area contributed by atoms with Gasteiger partial charge in [-0.3, -0.25) is 9.78 Å². The molecule has 1 amide bonds. The first kappa shape index (κ1) is 17.4. The molecule has 6 nitrogen and oxygen atoms in total. The van der Waals surface area contributed by atoms with Gasteiger partial charge in [0.1, 0.15) is 0 Å². The van der Waals surface area contributed by atoms with E-state index < -0.39 is 0 Å². The molecular formula is C21H23N5O. The van der Waals surface area contributed by atoms with Crippen LogP contribution in [0, 0.1) is 13.8 Å². The molecule has 0 unspecified atom stereocenters. The number of nitrogens with zero attached hydrogens (tertiary/aromatic N) is 5. The van der Waals surface area contributed by atoms with Crippen molar-refractivity contribution in [1.82, 2.24) is 24.9 Å². The fourth-order valence-electron chi connectivity index (χ4n) is 3.66. The number of carbonyl (C=O) groups is 1. The van der Waals surface area contributed by atoms with E-state index in [1.807, 2.05) is 55.4 Å². The standard InChI is InChI=1S/C21H23N5O/c1-15-3-5-19(6-4-15)26-16(2)20(23-24-26)21(27)25-13-9-18(10-14-25)17-7-11-22-12-8-17/h3-8,11-12,18H,9-10,13-14H2,1-2H3. The Kier molecular flexibility index (Phi) is 4.71. The molecule has 1 aliphatic heterocycles. The summed E-state index contributed by atoms with van der Waals surface area (Å²) in [5.74, 6) is 0.459. The zero-order valence-corrected chi connectivity index (χ0v) is 15.7. The molecule has 1 aliphatic rings. The maximum absolute atomic E-state index is 13.0. The molecule has 0 bridgehead atoms. The molecule has 1 saturated heterocycles. The average Bonchev–Trinajstić information content (AvgIpc) is 3.10. The summed E-state index contributed by atoms with van der Waals surface area (Å²) < 4.78 is 1.73. The Morgan fingerprint density at radius 1 is 1.00 bits per heavy atom. The minimum Gasteiger partial charge on any atom is -0.337 e. The van der Waals surface area contributed by atoms with Crippen molar-refractivity contribution in [2.24, 2.45) is 0 Å². The lowest BCUT2D eigenvalue weighted by molar-refractivity contribution is 0.0706. The molecular weight excluding hydrogens is 338 g/mol. The Morgan fingerprint density at radius 3 is 2.33 bits per heavy atom. The van der Waals surface area contributed by atoms with Crippen LogP contribution in [0.1, 0.15) is 46.1 Å². The minimum atomic E-state index is -0.0287. The molecule has 1 aromatic carbocycles. The van der Waals surface area contributed by atoms with Gasteiger partial charge in [0.05, 0.1) is 11.4 Å². The van der Waals surface area contributed by atoms with E-state index in [9.17, 15) is 4.79 Å². The van der Waals surface area contributed by atoms with Crippen LogP contribution in [-0.2, 0) is 0 Å². The van der Waals surface area contributed by atoms with Gasteiger partial charge in [-0.2, -0.15) is 0 Å². The van der Waals surface area contributed by atoms with E-state index in [1.54, 1.807) is 4.68 Å². The lowest BCUT2D eigenvalue weighted by Crippen LogP contribution is -2.38. The number of hydrogen-bond acceptors (Lipinski definition) is 4. The third kappa shape index (κ3) is 3.47. The minimum absolute atomic E-state index is 0.0287. The summed E-state index contributed by atoms with van der Waals surface area (Å²) in [5.41, 5.74) is 4.63. The number of hydrogen-bond donors (Lipinski definition) is 0. The second-order valence-electron chi connectivity index (χ2n) is 7.12. The van der Waals surface area contributed by atoms with Gasteiger partial charge in [-0.15, -0.1) is 5.10 Å². The monoisotopic (exact) mass is 361 g/mol. The lowest BCUT2D eigenvalue weighted by Gasteiger charge is -2.31. The smallest absolute Gasteiger partial charge is 0.276 e. The fourth-order valence-corrected chi connectivity index (χ4v) is 3.66. The highest BCUT2D eigenvalue weighted by atomic mass is 16.2. The molecule has 0 aliphatic carbocycles. The topological polar surface area (TPSA) is 63.9 Å². The van der Waals surface area contributed by atoms with E-state index in [4.69, 9.17) is 0 Å². The predicted molar refractivity (Wildman–Crippen MR) is 103 cm³/mol. The highest BCUT2D eigenvalue weighted by molar-refractivity contribution is 5.93. The molecule has 2 aromatic heterocycles. The van der Waals surface area contributed by atoms with Crippen molar-refractivity contribution in [2.75, 3.05) is 13.1 Å². The SMILES string of the molecule is Cc1ccc(-n2nnc(C(=O)N3CCC(c4ccncc4)CC3)c2C)cc1. The van der Waals surface area contributed by atoms with Gasteiger partial charge in [-0.1, -0.05) is 22.9 Å². The Morgan fingerprint density at radius 2 is 1.67 bits per heavy atom. The number of pyridine rings is 1. The van der Waals surface area contributed by atoms with Crippen LogP contribution >= 0.6 is 0 Å². The van der Waals surface area contributed by atoms with Crippen molar-refractivity contribution >= 4 is 5.91 Å². The van der Waals surface area contributed by atoms with Crippen molar-refractivity contribution in [2.45, 2.75) is 32.6 Å². The highest BCUT2D eigenvalue weighted by Crippen LogP contribution is 2.28. The van der Waals surface area contributed by atoms with Gasteiger partial charge in [0.25, 0.3) is 5.91 Å². The van der Waals surface area contributed by atoms with Crippen molar-refractivity contribution < 1.29 is 4.79 Å². The summed E-state index contributed by atoms with van der Waals surface area (Å²) in [4.78, 5) is 18.9. The van der Waals surface area contributed by atoms with E-state index in [-0.39, 0.29) is 5.91 Å². The molecule has 0 saturated carbocycles. The number of likely N-dealkylation sites (tertiary alicyclic amines) is 1. The summed E-state index contributed by atoms with van der Waals surface area (Å²) in [7, 11) is 0. The Bertz CT molecular complexity index is 925. The van der Waals surface area contributed by atoms with Crippen LogP contribution in [0.3, 0.4) is 0 Å². The van der Waals surface area contributed by atoms with Crippen LogP contribution in [-0.4, -0.2) is 43.9 Å². The number of benzene rings is 1. The zero-order chi connectivity index (χ0) is 18.8. The van der Waals surface area contributed by atoms with Crippen molar-refractivity contribution in [1.29, 1.82) is 0 Å². The molecule has 138 valence electrons. The molecule has 6 heteroatoms. The second-order valence-corrected chi connectivity index (χ2v) is 7.12. The van der Waals surface area contributed by atoms with E-state index in [0.717, 1.165) is 37.3 Å². The fraction of sp³-hybridized carbons (Fsp3) is 0.333. The number of piperidine rings is 1. The first-order chi connectivity index (χ1) is 13.1. The molecule has 3 heterocycles. The highest BCUT2D eigenvalue weighted by Gasteiger charge is 2.27. The third-order valence-electron chi connectivity index (χ3n) is 5.34. The number of aryl methyl sites for hydroxylation is 1. The Balaban J connectivity index is 1.47. The Labute approximate surface area is 158 Å². The molecule has 1 fully saturated rings. The van der Waals surface area contributed by atoms with Crippen LogP contribution in [0.2, 0.25) is 0 Å². The van der Waals surface area contributed by atoms with Crippen molar-refractivity contribution in [3.8, 4) is 5.69 Å². The summed E-state index contributed by atoms with van der Waals surface area (Å²) in [6.07, 6.45) is 5.58. The first-order valence-corrected chi connectivity index (χ1v) is 9.32. The number of rotatable bonds is 3. The summed E-state index contributed by atoms with van der Waals surface area (Å²) in [5, 5.41) is 8.39. The van der Waals surface area contributed by atoms with E-state index >= 15 is 0 Å². The van der Waals surface area contributed by atoms with E-state index in [1.165, 1.54) is 11.1 Å². The van der Waals surface area contributed by atoms with Crippen LogP contribution in [0.4, 0.5) is 0 Å². The molecule has 3 aromatic rings. The maximum Gasteiger partial charge on any atom is 0.276 e. The lowest BCUT2D eigenvalue weighted by atomic mass is 9.90. The summed E-state index contributed by atoms with van der Waals surface area (Å²) in [6.45, 7) is 5.42. The molecule has 27 heavy (non-hydrogen) atoms. The summed E-state index contributed by atoms with van der Waals surface area (Å²) >= 11 is 0. The molecule has 4 rings (SSSR count). The molecule has 0 spiro atoms. The predicted octanol–water partition coefficient (Wildman–Crippen LogP) is 3.30. The van der Waals surface area contributed by atoms with Gasteiger partial charge in [-0.05, 0) is 62.4 Å². The van der Waals surface area contributed by atoms with Gasteiger partial charge in [0.2, 0.25) is 0 Å². The van der Waals surface area contributed by atoms with Crippen LogP contribution in [0.5, 0.6) is 0 Å². The molecule has 0 atom stereocenters. The largest absolute Gasteiger partial charge is 0.337 e. The average molecular weight is 361 g/mol. The van der Waals surface area contributed by atoms with Crippen molar-refractivity contribution in [3.05, 3.63) is 71.3 Å². The third-order valence-corrected chi connectivity index (χ3v) is 5.34.